The monoisotopic (exact) mass is 452 g/mol. The van der Waals surface area contributed by atoms with E-state index in [4.69, 9.17) is 21.1 Å². The third-order valence-corrected chi connectivity index (χ3v) is 6.05. The summed E-state index contributed by atoms with van der Waals surface area (Å²) >= 11 is 6.29. The zero-order valence-corrected chi connectivity index (χ0v) is 18.3. The van der Waals surface area contributed by atoms with Crippen LogP contribution >= 0.6 is 11.6 Å². The summed E-state index contributed by atoms with van der Waals surface area (Å²) in [5.74, 6) is 0.293. The lowest BCUT2D eigenvalue weighted by Gasteiger charge is -2.35. The van der Waals surface area contributed by atoms with Crippen LogP contribution in [0.5, 0.6) is 11.5 Å². The second-order valence-electron chi connectivity index (χ2n) is 7.72. The van der Waals surface area contributed by atoms with Crippen LogP contribution in [0.3, 0.4) is 0 Å². The summed E-state index contributed by atoms with van der Waals surface area (Å²) in [7, 11) is 0. The number of nitrogens with zero attached hydrogens (tertiary/aromatic N) is 3. The standard InChI is InChI=1S/C23H21ClN4O4/c1-13-19(14(2)28(26-13)16-6-4-3-5-7-16)20-22(29)25-8-9-27(20)23(30)15-10-17(24)21-18(11-15)31-12-32-21/h3-7,10-11,20H,8-9,12H2,1-2H3,(H,25,29)/t20-/m1/s1. The van der Waals surface area contributed by atoms with Crippen LogP contribution in [0.15, 0.2) is 42.5 Å². The van der Waals surface area contributed by atoms with Crippen LogP contribution in [-0.4, -0.2) is 46.4 Å². The predicted molar refractivity (Wildman–Crippen MR) is 117 cm³/mol. The molecule has 164 valence electrons. The summed E-state index contributed by atoms with van der Waals surface area (Å²) in [6, 6.07) is 12.0. The Bertz CT molecular complexity index is 1220. The van der Waals surface area contributed by atoms with Crippen molar-refractivity contribution in [3.63, 3.8) is 0 Å². The first-order chi connectivity index (χ1) is 15.5. The topological polar surface area (TPSA) is 85.7 Å². The molecule has 3 aromatic rings. The molecule has 0 unspecified atom stereocenters. The molecule has 1 N–H and O–H groups in total. The van der Waals surface area contributed by atoms with Crippen LogP contribution in [-0.2, 0) is 4.79 Å². The smallest absolute Gasteiger partial charge is 0.255 e. The number of ether oxygens (including phenoxy) is 2. The van der Waals surface area contributed by atoms with Crippen molar-refractivity contribution in [3.8, 4) is 17.2 Å². The number of fused-ring (bicyclic) bond motifs is 1. The summed E-state index contributed by atoms with van der Waals surface area (Å²) in [6.45, 7) is 4.54. The molecule has 3 heterocycles. The van der Waals surface area contributed by atoms with Gasteiger partial charge in [0.15, 0.2) is 11.5 Å². The number of para-hydroxylation sites is 1. The third kappa shape index (κ3) is 3.27. The number of benzene rings is 2. The number of hydrogen-bond donors (Lipinski definition) is 1. The Morgan fingerprint density at radius 3 is 2.75 bits per heavy atom. The van der Waals surface area contributed by atoms with Crippen molar-refractivity contribution >= 4 is 23.4 Å². The molecule has 2 aliphatic heterocycles. The minimum atomic E-state index is -0.807. The number of piperazine rings is 1. The van der Waals surface area contributed by atoms with Crippen molar-refractivity contribution in [3.05, 3.63) is 70.0 Å². The molecule has 0 saturated carbocycles. The van der Waals surface area contributed by atoms with E-state index in [0.29, 0.717) is 46.4 Å². The number of aromatic nitrogens is 2. The fourth-order valence-electron chi connectivity index (χ4n) is 4.30. The molecule has 0 aliphatic carbocycles. The molecular formula is C23H21ClN4O4. The van der Waals surface area contributed by atoms with Gasteiger partial charge in [-0.15, -0.1) is 0 Å². The number of amides is 2. The van der Waals surface area contributed by atoms with Gasteiger partial charge in [-0.25, -0.2) is 4.68 Å². The highest BCUT2D eigenvalue weighted by Gasteiger charge is 2.39. The molecular weight excluding hydrogens is 432 g/mol. The molecule has 32 heavy (non-hydrogen) atoms. The van der Waals surface area contributed by atoms with Crippen molar-refractivity contribution in [1.82, 2.24) is 20.0 Å². The Kier molecular flexibility index (Phi) is 5.01. The molecule has 2 aromatic carbocycles. The van der Waals surface area contributed by atoms with Crippen LogP contribution in [0.1, 0.15) is 33.4 Å². The Morgan fingerprint density at radius 1 is 1.19 bits per heavy atom. The molecule has 0 radical (unpaired) electrons. The normalized spacial score (nSPS) is 17.4. The Balaban J connectivity index is 1.56. The number of aryl methyl sites for hydroxylation is 1. The van der Waals surface area contributed by atoms with Gasteiger partial charge in [0, 0.05) is 29.9 Å². The van der Waals surface area contributed by atoms with Crippen molar-refractivity contribution in [2.24, 2.45) is 0 Å². The molecule has 1 aromatic heterocycles. The zero-order chi connectivity index (χ0) is 22.4. The average Bonchev–Trinajstić information content (AvgIpc) is 3.38. The molecule has 8 nitrogen and oxygen atoms in total. The molecule has 2 amide bonds. The molecule has 1 atom stereocenters. The maximum Gasteiger partial charge on any atom is 0.255 e. The van der Waals surface area contributed by atoms with Gasteiger partial charge in [-0.3, -0.25) is 9.59 Å². The number of carbonyl (C=O) groups is 2. The molecule has 1 saturated heterocycles. The third-order valence-electron chi connectivity index (χ3n) is 5.77. The number of carbonyl (C=O) groups excluding carboxylic acids is 2. The molecule has 5 rings (SSSR count). The zero-order valence-electron chi connectivity index (χ0n) is 17.6. The second kappa shape index (κ2) is 7.87. The number of halogens is 1. The SMILES string of the molecule is Cc1nn(-c2ccccc2)c(C)c1[C@@H]1C(=O)NCCN1C(=O)c1cc(Cl)c2c(c1)OCO2. The quantitative estimate of drug-likeness (QED) is 0.659. The molecule has 9 heteroatoms. The van der Waals surface area contributed by atoms with Crippen molar-refractivity contribution < 1.29 is 19.1 Å². The van der Waals surface area contributed by atoms with Gasteiger partial charge in [-0.05, 0) is 38.1 Å². The molecule has 2 aliphatic rings. The lowest BCUT2D eigenvalue weighted by atomic mass is 9.99. The van der Waals surface area contributed by atoms with Gasteiger partial charge in [-0.2, -0.15) is 5.10 Å². The minimum absolute atomic E-state index is 0.0541. The molecule has 0 spiro atoms. The number of rotatable bonds is 3. The highest BCUT2D eigenvalue weighted by Crippen LogP contribution is 2.41. The Labute approximate surface area is 189 Å². The van der Waals surface area contributed by atoms with Crippen LogP contribution in [0.25, 0.3) is 5.69 Å². The summed E-state index contributed by atoms with van der Waals surface area (Å²) in [6.07, 6.45) is 0. The fourth-order valence-corrected chi connectivity index (χ4v) is 4.57. The first kappa shape index (κ1) is 20.4. The van der Waals surface area contributed by atoms with Crippen molar-refractivity contribution in [2.75, 3.05) is 19.9 Å². The summed E-state index contributed by atoms with van der Waals surface area (Å²) in [5.41, 5.74) is 3.43. The van der Waals surface area contributed by atoms with E-state index in [1.807, 2.05) is 44.2 Å². The average molecular weight is 453 g/mol. The largest absolute Gasteiger partial charge is 0.454 e. The van der Waals surface area contributed by atoms with E-state index in [1.54, 1.807) is 21.7 Å². The van der Waals surface area contributed by atoms with E-state index in [-0.39, 0.29) is 18.6 Å². The Morgan fingerprint density at radius 2 is 1.97 bits per heavy atom. The van der Waals surface area contributed by atoms with Gasteiger partial charge in [0.2, 0.25) is 12.7 Å². The predicted octanol–water partition coefficient (Wildman–Crippen LogP) is 3.18. The van der Waals surface area contributed by atoms with E-state index in [9.17, 15) is 9.59 Å². The second-order valence-corrected chi connectivity index (χ2v) is 8.12. The lowest BCUT2D eigenvalue weighted by Crippen LogP contribution is -2.52. The Hall–Kier alpha value is -3.52. The van der Waals surface area contributed by atoms with Gasteiger partial charge in [0.1, 0.15) is 6.04 Å². The first-order valence-electron chi connectivity index (χ1n) is 10.2. The number of hydrogen-bond acceptors (Lipinski definition) is 5. The van der Waals surface area contributed by atoms with Gasteiger partial charge in [-0.1, -0.05) is 29.8 Å². The maximum atomic E-state index is 13.5. The van der Waals surface area contributed by atoms with E-state index < -0.39 is 6.04 Å². The van der Waals surface area contributed by atoms with Crippen molar-refractivity contribution in [2.45, 2.75) is 19.9 Å². The van der Waals surface area contributed by atoms with Gasteiger partial charge in [0.25, 0.3) is 5.91 Å². The van der Waals surface area contributed by atoms with Crippen LogP contribution in [0, 0.1) is 13.8 Å². The van der Waals surface area contributed by atoms with Crippen LogP contribution in [0.2, 0.25) is 5.02 Å². The van der Waals surface area contributed by atoms with E-state index in [1.165, 1.54) is 0 Å². The molecule has 1 fully saturated rings. The summed E-state index contributed by atoms with van der Waals surface area (Å²) < 4.78 is 12.5. The van der Waals surface area contributed by atoms with Crippen LogP contribution < -0.4 is 14.8 Å². The van der Waals surface area contributed by atoms with E-state index in [0.717, 1.165) is 11.4 Å². The fraction of sp³-hybridized carbons (Fsp3) is 0.261. The van der Waals surface area contributed by atoms with Gasteiger partial charge in [0.05, 0.1) is 16.4 Å². The van der Waals surface area contributed by atoms with Gasteiger partial charge >= 0.3 is 0 Å². The maximum absolute atomic E-state index is 13.5. The van der Waals surface area contributed by atoms with Gasteiger partial charge < -0.3 is 19.7 Å². The number of nitrogens with one attached hydrogen (secondary N) is 1. The summed E-state index contributed by atoms with van der Waals surface area (Å²) in [4.78, 5) is 28.1. The molecule has 0 bridgehead atoms. The highest BCUT2D eigenvalue weighted by molar-refractivity contribution is 6.32. The van der Waals surface area contributed by atoms with E-state index >= 15 is 0 Å². The van der Waals surface area contributed by atoms with E-state index in [2.05, 4.69) is 10.4 Å². The van der Waals surface area contributed by atoms with Crippen LogP contribution in [0.4, 0.5) is 0 Å². The lowest BCUT2D eigenvalue weighted by molar-refractivity contribution is -0.128. The van der Waals surface area contributed by atoms with Crippen molar-refractivity contribution in [1.29, 1.82) is 0 Å². The minimum Gasteiger partial charge on any atom is -0.454 e. The highest BCUT2D eigenvalue weighted by atomic mass is 35.5. The first-order valence-corrected chi connectivity index (χ1v) is 10.6. The summed E-state index contributed by atoms with van der Waals surface area (Å²) in [5, 5.41) is 7.84.